The van der Waals surface area contributed by atoms with Crippen LogP contribution in [0.25, 0.3) is 0 Å². The normalized spacial score (nSPS) is 19.7. The quantitative estimate of drug-likeness (QED) is 0.683. The van der Waals surface area contributed by atoms with Gasteiger partial charge in [0.1, 0.15) is 11.7 Å². The van der Waals surface area contributed by atoms with E-state index in [2.05, 4.69) is 15.5 Å². The molecule has 0 spiro atoms. The average Bonchev–Trinajstić information content (AvgIpc) is 3.30. The highest BCUT2D eigenvalue weighted by atomic mass is 35.5. The smallest absolute Gasteiger partial charge is 0.319 e. The van der Waals surface area contributed by atoms with Gasteiger partial charge in [0.05, 0.1) is 13.3 Å². The monoisotopic (exact) mass is 474 g/mol. The van der Waals surface area contributed by atoms with Crippen molar-refractivity contribution in [1.29, 1.82) is 0 Å². The highest BCUT2D eigenvalue weighted by Crippen LogP contribution is 2.29. The number of anilines is 1. The van der Waals surface area contributed by atoms with Crippen molar-refractivity contribution in [1.82, 2.24) is 24.9 Å². The fourth-order valence-electron chi connectivity index (χ4n) is 4.61. The molecular weight excluding hydrogens is 444 g/mol. The van der Waals surface area contributed by atoms with E-state index in [1.807, 2.05) is 36.9 Å². The molecule has 1 aromatic carbocycles. The van der Waals surface area contributed by atoms with Gasteiger partial charge in [-0.1, -0.05) is 25.4 Å². The number of amides is 4. The van der Waals surface area contributed by atoms with Gasteiger partial charge in [0.25, 0.3) is 5.91 Å². The predicted molar refractivity (Wildman–Crippen MR) is 126 cm³/mol. The van der Waals surface area contributed by atoms with Crippen molar-refractivity contribution in [3.63, 3.8) is 0 Å². The lowest BCUT2D eigenvalue weighted by Gasteiger charge is -2.38. The lowest BCUT2D eigenvalue weighted by atomic mass is 9.99. The molecule has 4 rings (SSSR count). The molecule has 2 N–H and O–H groups in total. The number of urea groups is 1. The molecule has 1 atom stereocenters. The summed E-state index contributed by atoms with van der Waals surface area (Å²) in [5, 5.41) is 6.15. The minimum absolute atomic E-state index is 0.0672. The van der Waals surface area contributed by atoms with E-state index >= 15 is 0 Å². The summed E-state index contributed by atoms with van der Waals surface area (Å²) in [5.41, 5.74) is 1.36. The fraction of sp³-hybridized carbons (Fsp3) is 0.522. The van der Waals surface area contributed by atoms with Crippen LogP contribution in [0.4, 0.5) is 10.5 Å². The summed E-state index contributed by atoms with van der Waals surface area (Å²) in [7, 11) is 1.96. The zero-order chi connectivity index (χ0) is 23.7. The number of benzene rings is 1. The molecule has 1 unspecified atom stereocenters. The second-order valence-electron chi connectivity index (χ2n) is 9.25. The summed E-state index contributed by atoms with van der Waals surface area (Å²) in [4.78, 5) is 46.3. The number of rotatable bonds is 5. The number of halogens is 1. The van der Waals surface area contributed by atoms with Crippen LogP contribution in [-0.4, -0.2) is 83.0 Å². The predicted octanol–water partition coefficient (Wildman–Crippen LogP) is 2.32. The van der Waals surface area contributed by atoms with E-state index < -0.39 is 12.1 Å². The Balaban J connectivity index is 1.31. The zero-order valence-corrected chi connectivity index (χ0v) is 20.0. The van der Waals surface area contributed by atoms with Crippen molar-refractivity contribution >= 4 is 35.1 Å². The fourth-order valence-corrected chi connectivity index (χ4v) is 4.74. The first kappa shape index (κ1) is 23.2. The van der Waals surface area contributed by atoms with Crippen molar-refractivity contribution in [3.05, 3.63) is 41.2 Å². The molecule has 3 aliphatic heterocycles. The number of nitrogens with zero attached hydrogens (tertiary/aromatic N) is 4. The Hall–Kier alpha value is -2.94. The Kier molecular flexibility index (Phi) is 6.69. The highest BCUT2D eigenvalue weighted by Gasteiger charge is 2.41. The highest BCUT2D eigenvalue weighted by molar-refractivity contribution is 6.30. The third-order valence-corrected chi connectivity index (χ3v) is 6.67. The molecule has 0 bridgehead atoms. The van der Waals surface area contributed by atoms with Gasteiger partial charge in [-0.05, 0) is 43.0 Å². The number of piperidine rings is 1. The zero-order valence-electron chi connectivity index (χ0n) is 19.3. The van der Waals surface area contributed by atoms with Crippen molar-refractivity contribution in [2.75, 3.05) is 38.8 Å². The first-order valence-electron chi connectivity index (χ1n) is 11.3. The Morgan fingerprint density at radius 1 is 1.09 bits per heavy atom. The van der Waals surface area contributed by atoms with Crippen LogP contribution in [0, 0.1) is 5.92 Å². The second-order valence-corrected chi connectivity index (χ2v) is 9.69. The molecule has 0 saturated carbocycles. The minimum atomic E-state index is -0.631. The Bertz CT molecular complexity index is 942. The molecule has 3 heterocycles. The molecule has 33 heavy (non-hydrogen) atoms. The molecule has 4 amide bonds. The number of fused-ring (bicyclic) bond motifs is 1. The van der Waals surface area contributed by atoms with Crippen LogP contribution in [0.15, 0.2) is 36.2 Å². The van der Waals surface area contributed by atoms with E-state index in [1.54, 1.807) is 29.2 Å². The van der Waals surface area contributed by atoms with Crippen LogP contribution in [-0.2, 0) is 9.59 Å². The third kappa shape index (κ3) is 5.03. The van der Waals surface area contributed by atoms with Crippen LogP contribution in [0.1, 0.15) is 26.7 Å². The van der Waals surface area contributed by atoms with E-state index in [9.17, 15) is 14.4 Å². The molecule has 0 radical (unpaired) electrons. The van der Waals surface area contributed by atoms with Crippen molar-refractivity contribution in [3.8, 4) is 0 Å². The maximum Gasteiger partial charge on any atom is 0.319 e. The molecule has 0 aliphatic carbocycles. The Morgan fingerprint density at radius 2 is 1.76 bits per heavy atom. The maximum atomic E-state index is 13.2. The van der Waals surface area contributed by atoms with Gasteiger partial charge in [0.2, 0.25) is 5.91 Å². The van der Waals surface area contributed by atoms with Crippen molar-refractivity contribution in [2.45, 2.75) is 38.8 Å². The van der Waals surface area contributed by atoms with E-state index in [0.29, 0.717) is 30.5 Å². The van der Waals surface area contributed by atoms with Crippen LogP contribution in [0.5, 0.6) is 0 Å². The van der Waals surface area contributed by atoms with Crippen LogP contribution in [0.3, 0.4) is 0 Å². The largest absolute Gasteiger partial charge is 0.361 e. The van der Waals surface area contributed by atoms with Gasteiger partial charge >= 0.3 is 6.03 Å². The molecule has 1 aromatic rings. The van der Waals surface area contributed by atoms with Gasteiger partial charge in [0, 0.05) is 43.1 Å². The molecule has 3 aliphatic rings. The molecule has 2 fully saturated rings. The molecule has 10 heteroatoms. The first-order chi connectivity index (χ1) is 15.7. The topological polar surface area (TPSA) is 88.2 Å². The summed E-state index contributed by atoms with van der Waals surface area (Å²) in [6, 6.07) is 5.85. The number of hydrogen-bond acceptors (Lipinski definition) is 5. The summed E-state index contributed by atoms with van der Waals surface area (Å²) < 4.78 is 0. The van der Waals surface area contributed by atoms with Gasteiger partial charge in [-0.15, -0.1) is 0 Å². The van der Waals surface area contributed by atoms with Crippen molar-refractivity contribution < 1.29 is 14.4 Å². The van der Waals surface area contributed by atoms with Crippen molar-refractivity contribution in [2.24, 2.45) is 5.92 Å². The average molecular weight is 475 g/mol. The molecule has 9 nitrogen and oxygen atoms in total. The number of hydrogen-bond donors (Lipinski definition) is 2. The van der Waals surface area contributed by atoms with Gasteiger partial charge in [-0.2, -0.15) is 0 Å². The maximum absolute atomic E-state index is 13.2. The molecular formula is C23H31ClN6O3. The van der Waals surface area contributed by atoms with E-state index in [-0.39, 0.29) is 23.8 Å². The summed E-state index contributed by atoms with van der Waals surface area (Å²) in [5.74, 6) is -0.0837. The summed E-state index contributed by atoms with van der Waals surface area (Å²) in [6.07, 6.45) is 3.36. The lowest BCUT2D eigenvalue weighted by Crippen LogP contribution is -2.55. The first-order valence-corrected chi connectivity index (χ1v) is 11.7. The molecule has 0 aromatic heterocycles. The minimum Gasteiger partial charge on any atom is -0.361 e. The number of carbonyl (C=O) groups excluding carboxylic acids is 3. The van der Waals surface area contributed by atoms with Crippen LogP contribution >= 0.6 is 11.6 Å². The summed E-state index contributed by atoms with van der Waals surface area (Å²) >= 11 is 5.88. The van der Waals surface area contributed by atoms with Gasteiger partial charge in [-0.25, -0.2) is 4.79 Å². The third-order valence-electron chi connectivity index (χ3n) is 6.42. The van der Waals surface area contributed by atoms with E-state index in [4.69, 9.17) is 11.6 Å². The molecule has 178 valence electrons. The Labute approximate surface area is 199 Å². The van der Waals surface area contributed by atoms with E-state index in [1.165, 1.54) is 0 Å². The van der Waals surface area contributed by atoms with Gasteiger partial charge in [0.15, 0.2) is 0 Å². The standard InChI is InChI=1S/C23H31ClN6O3/c1-15(2)20(26-23(33)25-17-6-4-16(24)5-7-17)22(32)28-10-8-18(9-11-28)30-14-29-13-27(3)12-19(29)21(30)31/h4-7,12,15,18,20H,8-11,13-14H2,1-3H3,(H2,25,26,33). The SMILES string of the molecule is CC(C)C(NC(=O)Nc1ccc(Cl)cc1)C(=O)N1CCC(N2CN3CN(C)C=C3C2=O)CC1. The lowest BCUT2D eigenvalue weighted by molar-refractivity contribution is -0.136. The van der Waals surface area contributed by atoms with Crippen LogP contribution < -0.4 is 10.6 Å². The summed E-state index contributed by atoms with van der Waals surface area (Å²) in [6.45, 7) is 6.30. The second kappa shape index (κ2) is 9.51. The number of likely N-dealkylation sites (tertiary alicyclic amines) is 1. The number of carbonyl (C=O) groups is 3. The van der Waals surface area contributed by atoms with Gasteiger partial charge in [-0.3, -0.25) is 9.59 Å². The number of nitrogens with one attached hydrogen (secondary N) is 2. The van der Waals surface area contributed by atoms with Crippen LogP contribution in [0.2, 0.25) is 5.02 Å². The van der Waals surface area contributed by atoms with Gasteiger partial charge < -0.3 is 30.2 Å². The molecule has 2 saturated heterocycles. The van der Waals surface area contributed by atoms with E-state index in [0.717, 1.165) is 25.2 Å². The Morgan fingerprint density at radius 3 is 2.36 bits per heavy atom.